The standard InChI is InChI=1S/C27H33N7O3/c1-17(34(6)26(36)37-27(2,3)4)24(35)31-22-13-19(14-22)7-10-20-16-30-25(33-23(20)29-5)32-21-11-8-18(15-28)9-12-21/h8-9,11-12,16-17,19,22H,13-14H2,1-6H3,(H,31,35)(H2,29,30,32,33)/t17-,19-,22+/m0/s1. The van der Waals surface area contributed by atoms with Gasteiger partial charge in [0.25, 0.3) is 0 Å². The van der Waals surface area contributed by atoms with E-state index in [-0.39, 0.29) is 17.9 Å². The number of nitrogens with zero attached hydrogens (tertiary/aromatic N) is 4. The molecule has 0 aliphatic heterocycles. The molecular formula is C27H33N7O3. The summed E-state index contributed by atoms with van der Waals surface area (Å²) in [5.74, 6) is 7.31. The van der Waals surface area contributed by atoms with Crippen LogP contribution >= 0.6 is 0 Å². The molecule has 1 aliphatic rings. The van der Waals surface area contributed by atoms with Crippen LogP contribution in [0, 0.1) is 29.1 Å². The second-order valence-corrected chi connectivity index (χ2v) is 9.93. The lowest BCUT2D eigenvalue weighted by molar-refractivity contribution is -0.126. The molecule has 2 aromatic rings. The zero-order chi connectivity index (χ0) is 27.2. The van der Waals surface area contributed by atoms with Crippen molar-refractivity contribution in [1.29, 1.82) is 5.26 Å². The van der Waals surface area contributed by atoms with Crippen molar-refractivity contribution >= 4 is 29.5 Å². The Kier molecular flexibility index (Phi) is 8.56. The van der Waals surface area contributed by atoms with Gasteiger partial charge < -0.3 is 20.7 Å². The average molecular weight is 504 g/mol. The molecule has 0 radical (unpaired) electrons. The van der Waals surface area contributed by atoms with E-state index in [9.17, 15) is 9.59 Å². The van der Waals surface area contributed by atoms with Crippen LogP contribution in [0.2, 0.25) is 0 Å². The lowest BCUT2D eigenvalue weighted by atomic mass is 9.80. The first-order valence-corrected chi connectivity index (χ1v) is 12.1. The third-order valence-electron chi connectivity index (χ3n) is 5.83. The Bertz CT molecular complexity index is 1230. The monoisotopic (exact) mass is 503 g/mol. The van der Waals surface area contributed by atoms with Gasteiger partial charge >= 0.3 is 6.09 Å². The highest BCUT2D eigenvalue weighted by Gasteiger charge is 2.32. The number of rotatable bonds is 6. The molecule has 10 heteroatoms. The highest BCUT2D eigenvalue weighted by molar-refractivity contribution is 5.85. The van der Waals surface area contributed by atoms with Crippen molar-refractivity contribution in [3.8, 4) is 17.9 Å². The number of hydrogen-bond acceptors (Lipinski definition) is 8. The third kappa shape index (κ3) is 7.58. The summed E-state index contributed by atoms with van der Waals surface area (Å²) in [6.07, 6.45) is 2.59. The van der Waals surface area contributed by atoms with Crippen LogP contribution in [-0.2, 0) is 9.53 Å². The topological polar surface area (TPSA) is 132 Å². The molecule has 3 N–H and O–H groups in total. The maximum absolute atomic E-state index is 12.6. The van der Waals surface area contributed by atoms with Crippen LogP contribution in [0.15, 0.2) is 30.5 Å². The number of ether oxygens (including phenoxy) is 1. The Morgan fingerprint density at radius 1 is 1.22 bits per heavy atom. The fourth-order valence-corrected chi connectivity index (χ4v) is 3.50. The van der Waals surface area contributed by atoms with Gasteiger partial charge in [-0.2, -0.15) is 10.2 Å². The molecule has 1 aromatic heterocycles. The summed E-state index contributed by atoms with van der Waals surface area (Å²) in [7, 11) is 3.32. The van der Waals surface area contributed by atoms with Gasteiger partial charge in [-0.3, -0.25) is 9.69 Å². The van der Waals surface area contributed by atoms with Gasteiger partial charge in [-0.05, 0) is 64.8 Å². The molecule has 1 fully saturated rings. The Morgan fingerprint density at radius 2 is 1.89 bits per heavy atom. The van der Waals surface area contributed by atoms with E-state index in [1.54, 1.807) is 72.3 Å². The highest BCUT2D eigenvalue weighted by atomic mass is 16.6. The Morgan fingerprint density at radius 3 is 2.49 bits per heavy atom. The van der Waals surface area contributed by atoms with Crippen molar-refractivity contribution < 1.29 is 14.3 Å². The minimum absolute atomic E-state index is 0.0142. The first-order chi connectivity index (χ1) is 17.5. The first kappa shape index (κ1) is 27.3. The zero-order valence-electron chi connectivity index (χ0n) is 22.0. The second kappa shape index (κ2) is 11.6. The zero-order valence-corrected chi connectivity index (χ0v) is 22.0. The predicted octanol–water partition coefficient (Wildman–Crippen LogP) is 3.64. The predicted molar refractivity (Wildman–Crippen MR) is 141 cm³/mol. The molecule has 10 nitrogen and oxygen atoms in total. The van der Waals surface area contributed by atoms with Gasteiger partial charge in [0.2, 0.25) is 11.9 Å². The minimum Gasteiger partial charge on any atom is -0.444 e. The van der Waals surface area contributed by atoms with Crippen molar-refractivity contribution in [2.45, 2.75) is 58.2 Å². The van der Waals surface area contributed by atoms with E-state index in [0.29, 0.717) is 22.9 Å². The van der Waals surface area contributed by atoms with Crippen molar-refractivity contribution in [1.82, 2.24) is 20.2 Å². The van der Waals surface area contributed by atoms with Gasteiger partial charge in [0.05, 0.1) is 23.4 Å². The minimum atomic E-state index is -0.647. The summed E-state index contributed by atoms with van der Waals surface area (Å²) >= 11 is 0. The molecule has 0 saturated heterocycles. The molecular weight excluding hydrogens is 470 g/mol. The van der Waals surface area contributed by atoms with Crippen molar-refractivity contribution in [3.63, 3.8) is 0 Å². The van der Waals surface area contributed by atoms with Crippen LogP contribution in [-0.4, -0.2) is 58.6 Å². The number of nitriles is 1. The van der Waals surface area contributed by atoms with Crippen LogP contribution in [0.3, 0.4) is 0 Å². The van der Waals surface area contributed by atoms with E-state index in [1.807, 2.05) is 0 Å². The number of likely N-dealkylation sites (N-methyl/N-ethyl adjacent to an activating group) is 1. The fourth-order valence-electron chi connectivity index (χ4n) is 3.50. The number of hydrogen-bond donors (Lipinski definition) is 3. The van der Waals surface area contributed by atoms with Crippen molar-refractivity contribution in [2.75, 3.05) is 24.7 Å². The summed E-state index contributed by atoms with van der Waals surface area (Å²) in [5.41, 5.74) is 1.40. The Balaban J connectivity index is 1.52. The molecule has 0 unspecified atom stereocenters. The van der Waals surface area contributed by atoms with Gasteiger partial charge in [0.15, 0.2) is 0 Å². The van der Waals surface area contributed by atoms with E-state index in [1.165, 1.54) is 4.90 Å². The van der Waals surface area contributed by atoms with Gasteiger partial charge in [-0.15, -0.1) is 0 Å². The lowest BCUT2D eigenvalue weighted by Crippen LogP contribution is -2.52. The number of carbonyl (C=O) groups is 2. The third-order valence-corrected chi connectivity index (χ3v) is 5.83. The molecule has 194 valence electrons. The molecule has 0 bridgehead atoms. The second-order valence-electron chi connectivity index (χ2n) is 9.93. The molecule has 1 heterocycles. The number of anilines is 3. The molecule has 0 spiro atoms. The van der Waals surface area contributed by atoms with E-state index >= 15 is 0 Å². The van der Waals surface area contributed by atoms with Crippen LogP contribution in [0.25, 0.3) is 0 Å². The van der Waals surface area contributed by atoms with Gasteiger partial charge in [-0.25, -0.2) is 9.78 Å². The Labute approximate surface area is 217 Å². The van der Waals surface area contributed by atoms with Crippen LogP contribution < -0.4 is 16.0 Å². The maximum atomic E-state index is 12.6. The molecule has 1 aromatic carbocycles. The van der Waals surface area contributed by atoms with Crippen molar-refractivity contribution in [2.24, 2.45) is 5.92 Å². The van der Waals surface area contributed by atoms with Crippen LogP contribution in [0.1, 0.15) is 51.7 Å². The fraction of sp³-hybridized carbons (Fsp3) is 0.444. The van der Waals surface area contributed by atoms with Crippen LogP contribution in [0.5, 0.6) is 0 Å². The smallest absolute Gasteiger partial charge is 0.410 e. The largest absolute Gasteiger partial charge is 0.444 e. The van der Waals surface area contributed by atoms with E-state index in [0.717, 1.165) is 18.5 Å². The summed E-state index contributed by atoms with van der Waals surface area (Å²) in [6.45, 7) is 7.03. The molecule has 2 amide bonds. The van der Waals surface area contributed by atoms with Crippen LogP contribution in [0.4, 0.5) is 22.2 Å². The van der Waals surface area contributed by atoms with E-state index < -0.39 is 17.7 Å². The summed E-state index contributed by atoms with van der Waals surface area (Å²) in [4.78, 5) is 34.9. The van der Waals surface area contributed by atoms with Gasteiger partial charge in [0, 0.05) is 31.7 Å². The summed E-state index contributed by atoms with van der Waals surface area (Å²) in [6, 6.07) is 8.46. The molecule has 1 atom stereocenters. The quantitative estimate of drug-likeness (QED) is 0.509. The van der Waals surface area contributed by atoms with Gasteiger partial charge in [-0.1, -0.05) is 11.8 Å². The SMILES string of the molecule is CNc1nc(Nc2ccc(C#N)cc2)ncc1C#C[C@H]1C[C@@H](NC(=O)[C@H](C)N(C)C(=O)OC(C)(C)C)C1. The summed E-state index contributed by atoms with van der Waals surface area (Å²) in [5, 5.41) is 18.1. The van der Waals surface area contributed by atoms with E-state index in [4.69, 9.17) is 10.00 Å². The van der Waals surface area contributed by atoms with E-state index in [2.05, 4.69) is 43.8 Å². The number of amides is 2. The normalized spacial score (nSPS) is 17.1. The Hall–Kier alpha value is -4.31. The summed E-state index contributed by atoms with van der Waals surface area (Å²) < 4.78 is 5.33. The number of benzene rings is 1. The lowest BCUT2D eigenvalue weighted by Gasteiger charge is -2.34. The molecule has 37 heavy (non-hydrogen) atoms. The number of carbonyl (C=O) groups excluding carboxylic acids is 2. The molecule has 1 aliphatic carbocycles. The maximum Gasteiger partial charge on any atom is 0.410 e. The average Bonchev–Trinajstić information content (AvgIpc) is 2.84. The molecule has 1 saturated carbocycles. The number of aromatic nitrogens is 2. The molecule has 3 rings (SSSR count). The van der Waals surface area contributed by atoms with Gasteiger partial charge in [0.1, 0.15) is 17.5 Å². The first-order valence-electron chi connectivity index (χ1n) is 12.1. The van der Waals surface area contributed by atoms with Crippen molar-refractivity contribution in [3.05, 3.63) is 41.6 Å². The number of nitrogens with one attached hydrogen (secondary N) is 3. The highest BCUT2D eigenvalue weighted by Crippen LogP contribution is 2.27.